The van der Waals surface area contributed by atoms with Crippen molar-refractivity contribution in [1.29, 1.82) is 0 Å². The molecule has 0 bridgehead atoms. The number of carboxylic acids is 1. The van der Waals surface area contributed by atoms with Crippen LogP contribution < -0.4 is 10.6 Å². The van der Waals surface area contributed by atoms with Crippen molar-refractivity contribution in [2.24, 2.45) is 0 Å². The molecule has 1 aliphatic carbocycles. The highest BCUT2D eigenvalue weighted by Crippen LogP contribution is 2.44. The normalized spacial score (nSPS) is 13.6. The van der Waals surface area contributed by atoms with Crippen LogP contribution in [0.3, 0.4) is 0 Å². The van der Waals surface area contributed by atoms with Gasteiger partial charge in [-0.25, -0.2) is 4.79 Å². The minimum atomic E-state index is -5.05. The van der Waals surface area contributed by atoms with Gasteiger partial charge in [-0.15, -0.1) is 0 Å². The Morgan fingerprint density at radius 1 is 1.00 bits per heavy atom. The molecule has 1 atom stereocenters. The number of amides is 2. The summed E-state index contributed by atoms with van der Waals surface area (Å²) < 4.78 is 44.9. The maximum absolute atomic E-state index is 13.3. The summed E-state index contributed by atoms with van der Waals surface area (Å²) in [7, 11) is 0. The molecule has 32 heavy (non-hydrogen) atoms. The summed E-state index contributed by atoms with van der Waals surface area (Å²) in [5, 5.41) is 12.1. The molecule has 2 amide bonds. The summed E-state index contributed by atoms with van der Waals surface area (Å²) in [5.41, 5.74) is 3.71. The number of nitrogens with one attached hydrogen (secondary N) is 2. The van der Waals surface area contributed by atoms with Crippen LogP contribution in [0, 0.1) is 0 Å². The quantitative estimate of drug-likeness (QED) is 0.535. The highest BCUT2D eigenvalue weighted by atomic mass is 19.4. The number of carbonyl (C=O) groups is 3. The SMILES string of the molecule is O=C(O)CCCNC(=O)C(NC(=O)OCC1c2ccccc2-c2ccccc21)C(F)(F)F. The van der Waals surface area contributed by atoms with Crippen molar-refractivity contribution in [2.45, 2.75) is 31.0 Å². The van der Waals surface area contributed by atoms with Crippen molar-refractivity contribution >= 4 is 18.0 Å². The number of alkyl halides is 3. The van der Waals surface area contributed by atoms with E-state index in [1.54, 1.807) is 5.32 Å². The lowest BCUT2D eigenvalue weighted by molar-refractivity contribution is -0.167. The summed E-state index contributed by atoms with van der Waals surface area (Å²) in [5.74, 6) is -2.97. The average molecular weight is 450 g/mol. The Morgan fingerprint density at radius 3 is 2.09 bits per heavy atom. The Bertz CT molecular complexity index is 964. The molecule has 0 saturated heterocycles. The summed E-state index contributed by atoms with van der Waals surface area (Å²) in [6.45, 7) is -0.477. The van der Waals surface area contributed by atoms with E-state index in [9.17, 15) is 27.6 Å². The lowest BCUT2D eigenvalue weighted by Crippen LogP contribution is -2.55. The third kappa shape index (κ3) is 5.37. The first-order chi connectivity index (χ1) is 15.2. The minimum absolute atomic E-state index is 0.0450. The van der Waals surface area contributed by atoms with Gasteiger partial charge in [0.2, 0.25) is 6.04 Å². The molecule has 0 spiro atoms. The van der Waals surface area contributed by atoms with Crippen LogP contribution in [0.1, 0.15) is 29.9 Å². The fraction of sp³-hybridized carbons (Fsp3) is 0.318. The van der Waals surface area contributed by atoms with E-state index in [-0.39, 0.29) is 31.9 Å². The third-order valence-corrected chi connectivity index (χ3v) is 5.06. The molecular weight excluding hydrogens is 429 g/mol. The van der Waals surface area contributed by atoms with Crippen LogP contribution >= 0.6 is 0 Å². The number of alkyl carbamates (subject to hydrolysis) is 1. The molecule has 10 heteroatoms. The molecule has 0 radical (unpaired) electrons. The van der Waals surface area contributed by atoms with Crippen LogP contribution in [0.15, 0.2) is 48.5 Å². The Morgan fingerprint density at radius 2 is 1.56 bits per heavy atom. The fourth-order valence-electron chi connectivity index (χ4n) is 3.61. The van der Waals surface area contributed by atoms with E-state index in [4.69, 9.17) is 9.84 Å². The highest BCUT2D eigenvalue weighted by molar-refractivity contribution is 5.86. The molecule has 2 aromatic rings. The van der Waals surface area contributed by atoms with Crippen LogP contribution in [0.2, 0.25) is 0 Å². The van der Waals surface area contributed by atoms with E-state index in [0.717, 1.165) is 22.3 Å². The lowest BCUT2D eigenvalue weighted by Gasteiger charge is -2.21. The molecule has 0 fully saturated rings. The molecule has 1 unspecified atom stereocenters. The molecule has 1 aliphatic rings. The average Bonchev–Trinajstić information content (AvgIpc) is 3.06. The minimum Gasteiger partial charge on any atom is -0.481 e. The Balaban J connectivity index is 1.62. The highest BCUT2D eigenvalue weighted by Gasteiger charge is 2.46. The Kier molecular flexibility index (Phi) is 7.01. The molecule has 2 aromatic carbocycles. The first-order valence-electron chi connectivity index (χ1n) is 9.86. The second-order valence-corrected chi connectivity index (χ2v) is 7.23. The molecule has 0 saturated carbocycles. The first kappa shape index (κ1) is 23.1. The number of aliphatic carboxylic acids is 1. The first-order valence-corrected chi connectivity index (χ1v) is 9.86. The van der Waals surface area contributed by atoms with Gasteiger partial charge in [0.1, 0.15) is 6.61 Å². The monoisotopic (exact) mass is 450 g/mol. The van der Waals surface area contributed by atoms with Crippen LogP contribution in [0.5, 0.6) is 0 Å². The van der Waals surface area contributed by atoms with Gasteiger partial charge in [0.05, 0.1) is 0 Å². The summed E-state index contributed by atoms with van der Waals surface area (Å²) in [4.78, 5) is 34.5. The van der Waals surface area contributed by atoms with Gasteiger partial charge in [0.25, 0.3) is 5.91 Å². The molecule has 0 heterocycles. The number of halogens is 3. The molecule has 170 valence electrons. The lowest BCUT2D eigenvalue weighted by atomic mass is 9.98. The zero-order chi connectivity index (χ0) is 23.3. The van der Waals surface area contributed by atoms with Gasteiger partial charge in [0, 0.05) is 18.9 Å². The predicted molar refractivity (Wildman–Crippen MR) is 108 cm³/mol. The number of benzene rings is 2. The van der Waals surface area contributed by atoms with Crippen LogP contribution in [0.25, 0.3) is 11.1 Å². The van der Waals surface area contributed by atoms with Crippen LogP contribution in [-0.4, -0.2) is 48.4 Å². The van der Waals surface area contributed by atoms with E-state index in [1.165, 1.54) is 0 Å². The Labute approximate surface area is 181 Å². The molecule has 3 rings (SSSR count). The predicted octanol–water partition coefficient (Wildman–Crippen LogP) is 3.44. The fourth-order valence-corrected chi connectivity index (χ4v) is 3.61. The third-order valence-electron chi connectivity index (χ3n) is 5.06. The number of rotatable bonds is 8. The molecule has 0 aromatic heterocycles. The number of hydrogen-bond donors (Lipinski definition) is 3. The summed E-state index contributed by atoms with van der Waals surface area (Å²) in [6.07, 6.45) is -6.79. The van der Waals surface area contributed by atoms with Crippen LogP contribution in [0.4, 0.5) is 18.0 Å². The standard InChI is InChI=1S/C22H21F3N2O5/c23-22(24,25)19(20(30)26-11-5-10-18(28)29)27-21(31)32-12-17-15-8-3-1-6-13(15)14-7-2-4-9-16(14)17/h1-4,6-9,17,19H,5,10-12H2,(H,26,30)(H,27,31)(H,28,29). The zero-order valence-electron chi connectivity index (χ0n) is 16.8. The van der Waals surface area contributed by atoms with E-state index in [1.807, 2.05) is 53.8 Å². The molecular formula is C22H21F3N2O5. The van der Waals surface area contributed by atoms with Gasteiger partial charge in [-0.3, -0.25) is 9.59 Å². The maximum atomic E-state index is 13.3. The van der Waals surface area contributed by atoms with Gasteiger partial charge in [0.15, 0.2) is 0 Å². The number of carboxylic acid groups (broad SMARTS) is 1. The van der Waals surface area contributed by atoms with Crippen molar-refractivity contribution in [3.63, 3.8) is 0 Å². The van der Waals surface area contributed by atoms with Crippen molar-refractivity contribution < 1.29 is 37.4 Å². The van der Waals surface area contributed by atoms with Crippen molar-refractivity contribution in [2.75, 3.05) is 13.2 Å². The van der Waals surface area contributed by atoms with E-state index in [0.29, 0.717) is 0 Å². The van der Waals surface area contributed by atoms with Gasteiger partial charge in [-0.1, -0.05) is 48.5 Å². The number of hydrogen-bond acceptors (Lipinski definition) is 4. The summed E-state index contributed by atoms with van der Waals surface area (Å²) >= 11 is 0. The van der Waals surface area contributed by atoms with E-state index in [2.05, 4.69) is 0 Å². The number of carbonyl (C=O) groups excluding carboxylic acids is 2. The van der Waals surface area contributed by atoms with Gasteiger partial charge in [-0.05, 0) is 28.7 Å². The number of ether oxygens (including phenoxy) is 1. The smallest absolute Gasteiger partial charge is 0.417 e. The topological polar surface area (TPSA) is 105 Å². The molecule has 3 N–H and O–H groups in total. The van der Waals surface area contributed by atoms with Gasteiger partial charge in [-0.2, -0.15) is 13.2 Å². The summed E-state index contributed by atoms with van der Waals surface area (Å²) in [6, 6.07) is 12.1. The largest absolute Gasteiger partial charge is 0.481 e. The van der Waals surface area contributed by atoms with E-state index < -0.39 is 30.2 Å². The molecule has 0 aliphatic heterocycles. The molecule has 7 nitrogen and oxygen atoms in total. The number of fused-ring (bicyclic) bond motifs is 3. The second kappa shape index (κ2) is 9.71. The van der Waals surface area contributed by atoms with Crippen molar-refractivity contribution in [1.82, 2.24) is 10.6 Å². The second-order valence-electron chi connectivity index (χ2n) is 7.23. The Hall–Kier alpha value is -3.56. The van der Waals surface area contributed by atoms with Crippen LogP contribution in [-0.2, 0) is 14.3 Å². The maximum Gasteiger partial charge on any atom is 0.417 e. The van der Waals surface area contributed by atoms with Gasteiger partial charge < -0.3 is 20.5 Å². The zero-order valence-corrected chi connectivity index (χ0v) is 16.8. The van der Waals surface area contributed by atoms with Crippen molar-refractivity contribution in [3.8, 4) is 11.1 Å². The van der Waals surface area contributed by atoms with Crippen molar-refractivity contribution in [3.05, 3.63) is 59.7 Å². The van der Waals surface area contributed by atoms with E-state index >= 15 is 0 Å². The van der Waals surface area contributed by atoms with Gasteiger partial charge >= 0.3 is 18.2 Å².